The van der Waals surface area contributed by atoms with E-state index in [1.807, 2.05) is 19.9 Å². The molecule has 0 bridgehead atoms. The van der Waals surface area contributed by atoms with E-state index in [2.05, 4.69) is 30.6 Å². The monoisotopic (exact) mass is 440 g/mol. The molecule has 0 unspecified atom stereocenters. The van der Waals surface area contributed by atoms with Gasteiger partial charge in [0.15, 0.2) is 0 Å². The van der Waals surface area contributed by atoms with Gasteiger partial charge in [0.25, 0.3) is 5.91 Å². The highest BCUT2D eigenvalue weighted by molar-refractivity contribution is 5.96. The van der Waals surface area contributed by atoms with Crippen LogP contribution in [0.4, 0.5) is 8.78 Å². The number of hydrogen-bond acceptors (Lipinski definition) is 2. The van der Waals surface area contributed by atoms with Crippen LogP contribution in [-0.2, 0) is 0 Å². The summed E-state index contributed by atoms with van der Waals surface area (Å²) < 4.78 is 28.9. The van der Waals surface area contributed by atoms with Crippen LogP contribution in [-0.4, -0.2) is 41.9 Å². The number of likely N-dealkylation sites (N-methyl/N-ethyl adjacent to an activating group) is 1. The van der Waals surface area contributed by atoms with E-state index in [1.54, 1.807) is 4.90 Å². The average molecular weight is 441 g/mol. The van der Waals surface area contributed by atoms with Crippen LogP contribution in [0.25, 0.3) is 0 Å². The van der Waals surface area contributed by atoms with E-state index in [0.29, 0.717) is 12.5 Å². The predicted molar refractivity (Wildman–Crippen MR) is 126 cm³/mol. The van der Waals surface area contributed by atoms with Crippen LogP contribution in [0.5, 0.6) is 0 Å². The highest BCUT2D eigenvalue weighted by Crippen LogP contribution is 2.36. The molecule has 1 aromatic rings. The maximum Gasteiger partial charge on any atom is 0.264 e. The zero-order valence-electron chi connectivity index (χ0n) is 19.5. The number of amides is 1. The first-order chi connectivity index (χ1) is 15.4. The van der Waals surface area contributed by atoms with Gasteiger partial charge in [0.1, 0.15) is 17.2 Å². The van der Waals surface area contributed by atoms with Crippen molar-refractivity contribution in [3.05, 3.63) is 82.6 Å². The van der Waals surface area contributed by atoms with Gasteiger partial charge in [-0.1, -0.05) is 29.9 Å². The van der Waals surface area contributed by atoms with Gasteiger partial charge < -0.3 is 9.80 Å². The van der Waals surface area contributed by atoms with E-state index in [9.17, 15) is 13.6 Å². The van der Waals surface area contributed by atoms with E-state index >= 15 is 0 Å². The average Bonchev–Trinajstić information content (AvgIpc) is 2.91. The second-order valence-electron chi connectivity index (χ2n) is 8.69. The summed E-state index contributed by atoms with van der Waals surface area (Å²) in [5, 5.41) is 0. The Hall–Kier alpha value is -2.53. The zero-order valence-corrected chi connectivity index (χ0v) is 19.5. The predicted octanol–water partition coefficient (Wildman–Crippen LogP) is 6.27. The molecule has 5 heteroatoms. The molecule has 32 heavy (non-hydrogen) atoms. The Morgan fingerprint density at radius 1 is 1.22 bits per heavy atom. The quantitative estimate of drug-likeness (QED) is 0.467. The number of piperidine rings is 1. The second-order valence-corrected chi connectivity index (χ2v) is 8.69. The van der Waals surface area contributed by atoms with Crippen molar-refractivity contribution in [1.82, 2.24) is 9.80 Å². The lowest BCUT2D eigenvalue weighted by atomic mass is 9.84. The number of nitrogens with zero attached hydrogens (tertiary/aromatic N) is 2. The van der Waals surface area contributed by atoms with Crippen LogP contribution >= 0.6 is 0 Å². The minimum atomic E-state index is -0.823. The number of hydrogen-bond donors (Lipinski definition) is 0. The van der Waals surface area contributed by atoms with Gasteiger partial charge in [-0.3, -0.25) is 4.79 Å². The molecule has 172 valence electrons. The van der Waals surface area contributed by atoms with Gasteiger partial charge in [0.05, 0.1) is 0 Å². The molecule has 3 nitrogen and oxygen atoms in total. The summed E-state index contributed by atoms with van der Waals surface area (Å²) >= 11 is 0. The van der Waals surface area contributed by atoms with Gasteiger partial charge in [0.2, 0.25) is 0 Å². The summed E-state index contributed by atoms with van der Waals surface area (Å²) in [4.78, 5) is 17.4. The Morgan fingerprint density at radius 3 is 2.47 bits per heavy atom. The molecule has 1 saturated heterocycles. The van der Waals surface area contributed by atoms with Crippen LogP contribution in [0.3, 0.4) is 0 Å². The third-order valence-electron chi connectivity index (χ3n) is 6.50. The minimum Gasteiger partial charge on any atom is -0.308 e. The van der Waals surface area contributed by atoms with Crippen LogP contribution < -0.4 is 0 Å². The van der Waals surface area contributed by atoms with E-state index in [-0.39, 0.29) is 0 Å². The molecular weight excluding hydrogens is 406 g/mol. The number of rotatable bonds is 7. The van der Waals surface area contributed by atoms with Gasteiger partial charge in [0, 0.05) is 18.8 Å². The third kappa shape index (κ3) is 5.26. The van der Waals surface area contributed by atoms with Crippen molar-refractivity contribution in [1.29, 1.82) is 0 Å². The molecule has 0 aromatic heterocycles. The fourth-order valence-electron chi connectivity index (χ4n) is 4.86. The Morgan fingerprint density at radius 2 is 1.88 bits per heavy atom. The fourth-order valence-corrected chi connectivity index (χ4v) is 4.86. The van der Waals surface area contributed by atoms with Crippen molar-refractivity contribution in [3.63, 3.8) is 0 Å². The summed E-state index contributed by atoms with van der Waals surface area (Å²) in [5.74, 6) is -1.93. The summed E-state index contributed by atoms with van der Waals surface area (Å²) in [7, 11) is 0. The van der Waals surface area contributed by atoms with E-state index in [1.165, 1.54) is 11.6 Å². The lowest BCUT2D eigenvalue weighted by Crippen LogP contribution is -2.37. The molecule has 1 heterocycles. The molecule has 0 atom stereocenters. The van der Waals surface area contributed by atoms with Crippen molar-refractivity contribution in [2.75, 3.05) is 26.2 Å². The van der Waals surface area contributed by atoms with Crippen LogP contribution in [0, 0.1) is 17.6 Å². The number of halogens is 2. The second kappa shape index (κ2) is 10.9. The molecule has 2 aliphatic rings. The molecule has 1 amide bonds. The van der Waals surface area contributed by atoms with Crippen molar-refractivity contribution in [2.45, 2.75) is 46.5 Å². The van der Waals surface area contributed by atoms with E-state index in [4.69, 9.17) is 0 Å². The van der Waals surface area contributed by atoms with Crippen molar-refractivity contribution in [2.24, 2.45) is 5.92 Å². The molecule has 0 N–H and O–H groups in total. The maximum atomic E-state index is 14.5. The molecular formula is C27H34F2N2O. The highest BCUT2D eigenvalue weighted by atomic mass is 19.1. The van der Waals surface area contributed by atoms with Gasteiger partial charge in [-0.2, -0.15) is 0 Å². The van der Waals surface area contributed by atoms with Crippen LogP contribution in [0.2, 0.25) is 0 Å². The standard InChI is InChI=1S/C27H34F2N2O/c1-5-7-15-30-16-13-21(14-17-30)22-12-11-19(3)18-20(4)26(22)31(6-2)27(32)25-23(28)9-8-10-24(25)29/h5,8-11,18,21H,1,6-7,12-17H2,2-4H3. The Labute approximate surface area is 190 Å². The first kappa shape index (κ1) is 24.1. The normalized spacial score (nSPS) is 18.2. The lowest BCUT2D eigenvalue weighted by Gasteiger charge is -2.36. The molecule has 1 aromatic carbocycles. The number of carbonyl (C=O) groups excluding carboxylic acids is 1. The van der Waals surface area contributed by atoms with Crippen LogP contribution in [0.15, 0.2) is 65.4 Å². The highest BCUT2D eigenvalue weighted by Gasteiger charge is 2.31. The van der Waals surface area contributed by atoms with Crippen molar-refractivity contribution >= 4 is 5.91 Å². The number of carbonyl (C=O) groups is 1. The summed E-state index contributed by atoms with van der Waals surface area (Å²) in [6.45, 7) is 13.1. The summed E-state index contributed by atoms with van der Waals surface area (Å²) in [6, 6.07) is 3.56. The number of allylic oxidation sites excluding steroid dienone is 5. The van der Waals surface area contributed by atoms with E-state index in [0.717, 1.165) is 74.3 Å². The Bertz CT molecular complexity index is 932. The molecule has 0 spiro atoms. The smallest absolute Gasteiger partial charge is 0.264 e. The van der Waals surface area contributed by atoms with Gasteiger partial charge >= 0.3 is 0 Å². The number of likely N-dealkylation sites (tertiary alicyclic amines) is 1. The largest absolute Gasteiger partial charge is 0.308 e. The maximum absolute atomic E-state index is 14.5. The minimum absolute atomic E-state index is 0.336. The van der Waals surface area contributed by atoms with Gasteiger partial charge in [-0.25, -0.2) is 8.78 Å². The van der Waals surface area contributed by atoms with E-state index < -0.39 is 23.1 Å². The molecule has 1 aliphatic carbocycles. The Kier molecular flexibility index (Phi) is 8.19. The SMILES string of the molecule is C=CCCN1CCC(C2=C(N(CC)C(=O)c3c(F)cccc3F)C(C)=CC(C)=CC2)CC1. The topological polar surface area (TPSA) is 23.6 Å². The first-order valence-corrected chi connectivity index (χ1v) is 11.5. The molecule has 1 fully saturated rings. The third-order valence-corrected chi connectivity index (χ3v) is 6.50. The van der Waals surface area contributed by atoms with Crippen molar-refractivity contribution < 1.29 is 13.6 Å². The fraction of sp³-hybridized carbons (Fsp3) is 0.444. The zero-order chi connectivity index (χ0) is 23.3. The number of benzene rings is 1. The molecule has 0 radical (unpaired) electrons. The molecule has 1 aliphatic heterocycles. The van der Waals surface area contributed by atoms with Gasteiger partial charge in [-0.05, 0) is 88.7 Å². The van der Waals surface area contributed by atoms with Crippen LogP contribution in [0.1, 0.15) is 56.8 Å². The lowest BCUT2D eigenvalue weighted by molar-refractivity contribution is 0.0802. The first-order valence-electron chi connectivity index (χ1n) is 11.5. The molecule has 0 saturated carbocycles. The summed E-state index contributed by atoms with van der Waals surface area (Å²) in [6.07, 6.45) is 9.95. The molecule has 3 rings (SSSR count). The van der Waals surface area contributed by atoms with Crippen molar-refractivity contribution in [3.8, 4) is 0 Å². The Balaban J connectivity index is 1.99. The van der Waals surface area contributed by atoms with Gasteiger partial charge in [-0.15, -0.1) is 6.58 Å². The summed E-state index contributed by atoms with van der Waals surface area (Å²) in [5.41, 5.74) is 3.65.